The summed E-state index contributed by atoms with van der Waals surface area (Å²) in [6.07, 6.45) is 8.23. The van der Waals surface area contributed by atoms with Crippen molar-refractivity contribution in [2.45, 2.75) is 96.4 Å². The SMILES string of the molecule is COC(=O)CC[C@H](C)[C@@H]1CC[C@@H]2[C@H]3CC[C@H]4[C@H](Br)C(=O)CC[C@]4(C)[C@@H]3C[C@@H](OC(C)=O)[C@]21C. The van der Waals surface area contributed by atoms with Gasteiger partial charge in [-0.15, -0.1) is 0 Å². The van der Waals surface area contributed by atoms with Crippen molar-refractivity contribution in [3.8, 4) is 0 Å². The smallest absolute Gasteiger partial charge is 0.305 e. The van der Waals surface area contributed by atoms with Crippen LogP contribution in [0.25, 0.3) is 0 Å². The highest BCUT2D eigenvalue weighted by molar-refractivity contribution is 9.10. The Balaban J connectivity index is 1.64. The Morgan fingerprint density at radius 2 is 1.82 bits per heavy atom. The number of ketones is 1. The van der Waals surface area contributed by atoms with Gasteiger partial charge in [0.25, 0.3) is 0 Å². The molecule has 4 aliphatic carbocycles. The molecule has 5 nitrogen and oxygen atoms in total. The van der Waals surface area contributed by atoms with Crippen molar-refractivity contribution in [2.24, 2.45) is 46.3 Å². The molecule has 4 fully saturated rings. The van der Waals surface area contributed by atoms with Crippen LogP contribution in [-0.2, 0) is 23.9 Å². The average molecular weight is 526 g/mol. The first-order valence-corrected chi connectivity index (χ1v) is 13.9. The number of Topliss-reactive ketones (excluding diaryl/α,β-unsaturated/α-hetero) is 1. The summed E-state index contributed by atoms with van der Waals surface area (Å²) in [6.45, 7) is 8.58. The van der Waals surface area contributed by atoms with Crippen LogP contribution in [-0.4, -0.2) is 35.8 Å². The van der Waals surface area contributed by atoms with Crippen LogP contribution in [0.3, 0.4) is 0 Å². The maximum atomic E-state index is 12.5. The highest BCUT2D eigenvalue weighted by Gasteiger charge is 2.65. The molecule has 186 valence electrons. The van der Waals surface area contributed by atoms with Crippen LogP contribution in [0.4, 0.5) is 0 Å². The lowest BCUT2D eigenvalue weighted by Crippen LogP contribution is -2.60. The summed E-state index contributed by atoms with van der Waals surface area (Å²) in [6, 6.07) is 0. The lowest BCUT2D eigenvalue weighted by atomic mass is 9.43. The number of fused-ring (bicyclic) bond motifs is 5. The summed E-state index contributed by atoms with van der Waals surface area (Å²) in [7, 11) is 1.45. The van der Waals surface area contributed by atoms with Crippen LogP contribution in [0.2, 0.25) is 0 Å². The Morgan fingerprint density at radius 3 is 2.48 bits per heavy atom. The maximum Gasteiger partial charge on any atom is 0.305 e. The monoisotopic (exact) mass is 524 g/mol. The lowest BCUT2D eigenvalue weighted by Gasteiger charge is -2.62. The number of ether oxygens (including phenoxy) is 2. The zero-order valence-corrected chi connectivity index (χ0v) is 22.5. The second kappa shape index (κ2) is 9.28. The van der Waals surface area contributed by atoms with Gasteiger partial charge in [0.15, 0.2) is 0 Å². The molecule has 0 saturated heterocycles. The molecule has 4 aliphatic rings. The van der Waals surface area contributed by atoms with Gasteiger partial charge in [-0.1, -0.05) is 36.7 Å². The van der Waals surface area contributed by atoms with E-state index in [4.69, 9.17) is 9.47 Å². The quantitative estimate of drug-likeness (QED) is 0.339. The minimum Gasteiger partial charge on any atom is -0.469 e. The molecule has 0 aromatic carbocycles. The molecular formula is C27H41BrO5. The average Bonchev–Trinajstić information content (AvgIpc) is 3.13. The minimum absolute atomic E-state index is 0.0349. The molecule has 10 atom stereocenters. The van der Waals surface area contributed by atoms with E-state index in [1.807, 2.05) is 0 Å². The van der Waals surface area contributed by atoms with Crippen LogP contribution in [0, 0.1) is 46.3 Å². The van der Waals surface area contributed by atoms with Gasteiger partial charge < -0.3 is 9.47 Å². The number of methoxy groups -OCH3 is 1. The number of hydrogen-bond acceptors (Lipinski definition) is 5. The first-order chi connectivity index (χ1) is 15.5. The topological polar surface area (TPSA) is 69.7 Å². The number of hydrogen-bond donors (Lipinski definition) is 0. The van der Waals surface area contributed by atoms with E-state index in [1.165, 1.54) is 20.5 Å². The van der Waals surface area contributed by atoms with Crippen LogP contribution < -0.4 is 0 Å². The van der Waals surface area contributed by atoms with Gasteiger partial charge in [0.2, 0.25) is 0 Å². The predicted molar refractivity (Wildman–Crippen MR) is 130 cm³/mol. The van der Waals surface area contributed by atoms with Crippen molar-refractivity contribution in [2.75, 3.05) is 7.11 Å². The Kier molecular flexibility index (Phi) is 7.08. The molecule has 0 aliphatic heterocycles. The summed E-state index contributed by atoms with van der Waals surface area (Å²) in [5, 5.41) is 0. The number of rotatable bonds is 5. The minimum atomic E-state index is -0.194. The van der Waals surface area contributed by atoms with Gasteiger partial charge in [0, 0.05) is 25.2 Å². The maximum absolute atomic E-state index is 12.5. The van der Waals surface area contributed by atoms with Crippen molar-refractivity contribution in [1.82, 2.24) is 0 Å². The first kappa shape index (κ1) is 25.2. The van der Waals surface area contributed by atoms with Gasteiger partial charge in [0.1, 0.15) is 11.9 Å². The highest BCUT2D eigenvalue weighted by Crippen LogP contribution is 2.69. The van der Waals surface area contributed by atoms with Crippen LogP contribution in [0.5, 0.6) is 0 Å². The molecule has 0 aromatic rings. The van der Waals surface area contributed by atoms with Crippen molar-refractivity contribution in [1.29, 1.82) is 0 Å². The first-order valence-electron chi connectivity index (χ1n) is 12.9. The fraction of sp³-hybridized carbons (Fsp3) is 0.889. The predicted octanol–water partition coefficient (Wildman–Crippen LogP) is 5.72. The van der Waals surface area contributed by atoms with E-state index in [0.29, 0.717) is 54.1 Å². The standard InChI is InChI=1S/C27H41BrO5/c1-15(6-11-24(31)32-5)18-9-10-19-17-7-8-20-25(28)22(30)12-13-26(20,3)21(17)14-23(27(18,19)4)33-16(2)29/h15,17-21,23,25H,6-14H2,1-5H3/t15-,17+,18-,19+,20-,21+,23+,25-,26-,27-/m0/s1. The Morgan fingerprint density at radius 1 is 1.12 bits per heavy atom. The fourth-order valence-corrected chi connectivity index (χ4v) is 10.1. The second-order valence-electron chi connectivity index (χ2n) is 11.9. The van der Waals surface area contributed by atoms with E-state index in [-0.39, 0.29) is 33.7 Å². The Bertz CT molecular complexity index is 797. The third kappa shape index (κ3) is 4.10. The number of alkyl halides is 1. The molecule has 0 N–H and O–H groups in total. The van der Waals surface area contributed by atoms with Crippen molar-refractivity contribution in [3.05, 3.63) is 0 Å². The van der Waals surface area contributed by atoms with E-state index in [0.717, 1.165) is 38.5 Å². The number of esters is 2. The van der Waals surface area contributed by atoms with Crippen LogP contribution >= 0.6 is 15.9 Å². The fourth-order valence-electron chi connectivity index (χ4n) is 9.01. The van der Waals surface area contributed by atoms with E-state index in [2.05, 4.69) is 36.7 Å². The molecule has 6 heteroatoms. The molecule has 0 spiro atoms. The summed E-state index contributed by atoms with van der Waals surface area (Å²) in [4.78, 5) is 36.5. The zero-order chi connectivity index (χ0) is 24.1. The zero-order valence-electron chi connectivity index (χ0n) is 20.9. The van der Waals surface area contributed by atoms with E-state index >= 15 is 0 Å². The molecule has 0 amide bonds. The van der Waals surface area contributed by atoms with Crippen LogP contribution in [0.15, 0.2) is 0 Å². The third-order valence-corrected chi connectivity index (χ3v) is 11.8. The molecule has 0 bridgehead atoms. The summed E-state index contributed by atoms with van der Waals surface area (Å²) >= 11 is 3.76. The van der Waals surface area contributed by atoms with E-state index in [9.17, 15) is 14.4 Å². The molecule has 0 radical (unpaired) electrons. The van der Waals surface area contributed by atoms with E-state index < -0.39 is 0 Å². The van der Waals surface area contributed by atoms with Crippen molar-refractivity contribution in [3.63, 3.8) is 0 Å². The molecule has 33 heavy (non-hydrogen) atoms. The van der Waals surface area contributed by atoms with Gasteiger partial charge in [-0.2, -0.15) is 0 Å². The molecule has 4 rings (SSSR count). The summed E-state index contributed by atoms with van der Waals surface area (Å²) < 4.78 is 11.0. The van der Waals surface area contributed by atoms with Gasteiger partial charge in [-0.05, 0) is 85.9 Å². The van der Waals surface area contributed by atoms with Crippen molar-refractivity contribution < 1.29 is 23.9 Å². The molecule has 0 heterocycles. The van der Waals surface area contributed by atoms with Gasteiger partial charge in [0.05, 0.1) is 11.9 Å². The summed E-state index contributed by atoms with van der Waals surface area (Å²) in [5.74, 6) is 2.82. The molecule has 0 unspecified atom stereocenters. The highest BCUT2D eigenvalue weighted by atomic mass is 79.9. The summed E-state index contributed by atoms with van der Waals surface area (Å²) in [5.41, 5.74) is 0.0448. The lowest BCUT2D eigenvalue weighted by molar-refractivity contribution is -0.192. The Hall–Kier alpha value is -0.910. The largest absolute Gasteiger partial charge is 0.469 e. The van der Waals surface area contributed by atoms with E-state index in [1.54, 1.807) is 0 Å². The molecular weight excluding hydrogens is 484 g/mol. The number of halogens is 1. The second-order valence-corrected chi connectivity index (χ2v) is 12.9. The third-order valence-electron chi connectivity index (χ3n) is 10.7. The number of carbonyl (C=O) groups is 3. The Labute approximate surface area is 207 Å². The van der Waals surface area contributed by atoms with Crippen molar-refractivity contribution >= 4 is 33.7 Å². The molecule has 0 aromatic heterocycles. The molecule has 4 saturated carbocycles. The number of carbonyl (C=O) groups excluding carboxylic acids is 3. The van der Waals surface area contributed by atoms with Gasteiger partial charge in [-0.25, -0.2) is 0 Å². The van der Waals surface area contributed by atoms with Crippen LogP contribution in [0.1, 0.15) is 85.5 Å². The van der Waals surface area contributed by atoms with Gasteiger partial charge in [-0.3, -0.25) is 14.4 Å². The normalized spacial score (nSPS) is 45.4. The van der Waals surface area contributed by atoms with Gasteiger partial charge >= 0.3 is 11.9 Å².